The summed E-state index contributed by atoms with van der Waals surface area (Å²) in [5, 5.41) is 2.79. The number of carbonyl (C=O) groups excluding carboxylic acids is 1. The SMILES string of the molecule is CCOc1cc(Br)c(CC(=O)Nc2ccc(N)nc2)cc1OCC. The topological polar surface area (TPSA) is 86.5 Å². The first-order valence-corrected chi connectivity index (χ1v) is 8.42. The number of nitrogen functional groups attached to an aromatic ring is 1. The van der Waals surface area contributed by atoms with Crippen LogP contribution in [-0.4, -0.2) is 24.1 Å². The molecule has 1 heterocycles. The highest BCUT2D eigenvalue weighted by Crippen LogP contribution is 2.34. The number of carbonyl (C=O) groups is 1. The molecule has 0 saturated carbocycles. The van der Waals surface area contributed by atoms with Crippen molar-refractivity contribution < 1.29 is 14.3 Å². The molecule has 0 aliphatic carbocycles. The summed E-state index contributed by atoms with van der Waals surface area (Å²) in [6.07, 6.45) is 1.71. The zero-order valence-electron chi connectivity index (χ0n) is 13.6. The zero-order chi connectivity index (χ0) is 17.5. The van der Waals surface area contributed by atoms with Crippen molar-refractivity contribution in [1.29, 1.82) is 0 Å². The van der Waals surface area contributed by atoms with Crippen LogP contribution in [0, 0.1) is 0 Å². The normalized spacial score (nSPS) is 10.3. The fraction of sp³-hybridized carbons (Fsp3) is 0.294. The molecule has 0 atom stereocenters. The number of nitrogens with zero attached hydrogens (tertiary/aromatic N) is 1. The van der Waals surface area contributed by atoms with Gasteiger partial charge in [-0.05, 0) is 43.7 Å². The monoisotopic (exact) mass is 393 g/mol. The number of halogens is 1. The Hall–Kier alpha value is -2.28. The first-order valence-electron chi connectivity index (χ1n) is 7.62. The van der Waals surface area contributed by atoms with Gasteiger partial charge in [0, 0.05) is 4.47 Å². The Kier molecular flexibility index (Phi) is 6.43. The summed E-state index contributed by atoms with van der Waals surface area (Å²) in [5.41, 5.74) is 6.94. The Morgan fingerprint density at radius 3 is 2.46 bits per heavy atom. The van der Waals surface area contributed by atoms with Crippen LogP contribution in [-0.2, 0) is 11.2 Å². The van der Waals surface area contributed by atoms with Crippen LogP contribution >= 0.6 is 15.9 Å². The molecule has 24 heavy (non-hydrogen) atoms. The Balaban J connectivity index is 2.14. The van der Waals surface area contributed by atoms with Gasteiger partial charge in [0.1, 0.15) is 5.82 Å². The van der Waals surface area contributed by atoms with E-state index in [2.05, 4.69) is 26.2 Å². The van der Waals surface area contributed by atoms with Crippen molar-refractivity contribution in [3.8, 4) is 11.5 Å². The molecule has 0 unspecified atom stereocenters. The van der Waals surface area contributed by atoms with Gasteiger partial charge in [0.2, 0.25) is 5.91 Å². The van der Waals surface area contributed by atoms with Crippen LogP contribution in [0.25, 0.3) is 0 Å². The van der Waals surface area contributed by atoms with Crippen LogP contribution in [0.15, 0.2) is 34.9 Å². The third-order valence-electron chi connectivity index (χ3n) is 3.13. The van der Waals surface area contributed by atoms with Crippen LogP contribution < -0.4 is 20.5 Å². The number of pyridine rings is 1. The number of rotatable bonds is 7. The number of ether oxygens (including phenoxy) is 2. The number of amides is 1. The summed E-state index contributed by atoms with van der Waals surface area (Å²) in [5.74, 6) is 1.52. The van der Waals surface area contributed by atoms with E-state index in [1.807, 2.05) is 26.0 Å². The molecule has 6 nitrogen and oxygen atoms in total. The molecule has 0 spiro atoms. The van der Waals surface area contributed by atoms with Crippen LogP contribution in [0.5, 0.6) is 11.5 Å². The average Bonchev–Trinajstić information content (AvgIpc) is 2.54. The fourth-order valence-electron chi connectivity index (χ4n) is 2.11. The third-order valence-corrected chi connectivity index (χ3v) is 3.87. The molecule has 0 aliphatic rings. The summed E-state index contributed by atoms with van der Waals surface area (Å²) in [7, 11) is 0. The Labute approximate surface area is 149 Å². The van der Waals surface area contributed by atoms with Gasteiger partial charge in [-0.3, -0.25) is 4.79 Å². The van der Waals surface area contributed by atoms with Gasteiger partial charge in [-0.25, -0.2) is 4.98 Å². The van der Waals surface area contributed by atoms with Crippen LogP contribution in [0.2, 0.25) is 0 Å². The maximum Gasteiger partial charge on any atom is 0.228 e. The number of hydrogen-bond acceptors (Lipinski definition) is 5. The fourth-order valence-corrected chi connectivity index (χ4v) is 2.57. The largest absolute Gasteiger partial charge is 0.490 e. The van der Waals surface area contributed by atoms with Gasteiger partial charge in [-0.1, -0.05) is 15.9 Å². The third kappa shape index (κ3) is 4.86. The van der Waals surface area contributed by atoms with E-state index in [0.717, 1.165) is 10.0 Å². The number of benzene rings is 1. The van der Waals surface area contributed by atoms with Gasteiger partial charge in [0.05, 0.1) is 31.5 Å². The van der Waals surface area contributed by atoms with E-state index in [9.17, 15) is 4.79 Å². The van der Waals surface area contributed by atoms with Gasteiger partial charge in [0.25, 0.3) is 0 Å². The van der Waals surface area contributed by atoms with E-state index in [1.165, 1.54) is 6.20 Å². The summed E-state index contributed by atoms with van der Waals surface area (Å²) >= 11 is 3.48. The van der Waals surface area contributed by atoms with Crippen molar-refractivity contribution in [3.63, 3.8) is 0 Å². The minimum absolute atomic E-state index is 0.158. The van der Waals surface area contributed by atoms with E-state index in [-0.39, 0.29) is 12.3 Å². The number of nitrogens with one attached hydrogen (secondary N) is 1. The molecule has 7 heteroatoms. The van der Waals surface area contributed by atoms with Gasteiger partial charge in [-0.2, -0.15) is 0 Å². The Morgan fingerprint density at radius 1 is 1.21 bits per heavy atom. The Morgan fingerprint density at radius 2 is 1.88 bits per heavy atom. The molecular weight excluding hydrogens is 374 g/mol. The molecule has 1 aromatic carbocycles. The predicted molar refractivity (Wildman–Crippen MR) is 97.5 cm³/mol. The number of hydrogen-bond donors (Lipinski definition) is 2. The predicted octanol–water partition coefficient (Wildman–Crippen LogP) is 3.40. The second-order valence-corrected chi connectivity index (χ2v) is 5.81. The molecule has 0 fully saturated rings. The van der Waals surface area contributed by atoms with Crippen LogP contribution in [0.4, 0.5) is 11.5 Å². The number of aromatic nitrogens is 1. The lowest BCUT2D eigenvalue weighted by Crippen LogP contribution is -2.15. The Bertz CT molecular complexity index is 705. The number of nitrogens with two attached hydrogens (primary N) is 1. The van der Waals surface area contributed by atoms with Crippen molar-refractivity contribution in [3.05, 3.63) is 40.5 Å². The van der Waals surface area contributed by atoms with Crippen molar-refractivity contribution >= 4 is 33.3 Å². The van der Waals surface area contributed by atoms with Crippen molar-refractivity contribution in [1.82, 2.24) is 4.98 Å². The van der Waals surface area contributed by atoms with E-state index < -0.39 is 0 Å². The van der Waals surface area contributed by atoms with Crippen molar-refractivity contribution in [2.75, 3.05) is 24.3 Å². The summed E-state index contributed by atoms with van der Waals surface area (Å²) < 4.78 is 12.0. The smallest absolute Gasteiger partial charge is 0.228 e. The zero-order valence-corrected chi connectivity index (χ0v) is 15.2. The summed E-state index contributed by atoms with van der Waals surface area (Å²) in [6.45, 7) is 4.87. The molecule has 0 aliphatic heterocycles. The number of anilines is 2. The highest BCUT2D eigenvalue weighted by atomic mass is 79.9. The molecule has 128 valence electrons. The summed E-state index contributed by atoms with van der Waals surface area (Å²) in [4.78, 5) is 16.2. The van der Waals surface area contributed by atoms with Gasteiger partial charge >= 0.3 is 0 Å². The molecular formula is C17H20BrN3O3. The molecule has 1 aromatic heterocycles. The molecule has 3 N–H and O–H groups in total. The quantitative estimate of drug-likeness (QED) is 0.752. The van der Waals surface area contributed by atoms with E-state index >= 15 is 0 Å². The highest BCUT2D eigenvalue weighted by molar-refractivity contribution is 9.10. The lowest BCUT2D eigenvalue weighted by Gasteiger charge is -2.14. The highest BCUT2D eigenvalue weighted by Gasteiger charge is 2.13. The van der Waals surface area contributed by atoms with Gasteiger partial charge in [-0.15, -0.1) is 0 Å². The van der Waals surface area contributed by atoms with Gasteiger partial charge < -0.3 is 20.5 Å². The molecule has 2 rings (SSSR count). The van der Waals surface area contributed by atoms with Crippen LogP contribution in [0.1, 0.15) is 19.4 Å². The van der Waals surface area contributed by atoms with E-state index in [1.54, 1.807) is 12.1 Å². The van der Waals surface area contributed by atoms with Crippen molar-refractivity contribution in [2.24, 2.45) is 0 Å². The minimum atomic E-state index is -0.158. The molecule has 0 saturated heterocycles. The molecule has 0 radical (unpaired) electrons. The van der Waals surface area contributed by atoms with E-state index in [0.29, 0.717) is 36.2 Å². The standard InChI is InChI=1S/C17H20BrN3O3/c1-3-23-14-7-11(13(18)9-15(14)24-4-2)8-17(22)21-12-5-6-16(19)20-10-12/h5-7,9-10H,3-4,8H2,1-2H3,(H2,19,20)(H,21,22). The maximum atomic E-state index is 12.2. The summed E-state index contributed by atoms with van der Waals surface area (Å²) in [6, 6.07) is 6.98. The maximum absolute atomic E-state index is 12.2. The first-order chi connectivity index (χ1) is 11.5. The van der Waals surface area contributed by atoms with Crippen LogP contribution in [0.3, 0.4) is 0 Å². The van der Waals surface area contributed by atoms with E-state index in [4.69, 9.17) is 15.2 Å². The molecule has 2 aromatic rings. The molecule has 1 amide bonds. The second kappa shape index (κ2) is 8.54. The average molecular weight is 394 g/mol. The minimum Gasteiger partial charge on any atom is -0.490 e. The lowest BCUT2D eigenvalue weighted by molar-refractivity contribution is -0.115. The first kappa shape index (κ1) is 18.1. The van der Waals surface area contributed by atoms with Crippen molar-refractivity contribution in [2.45, 2.75) is 20.3 Å². The van der Waals surface area contributed by atoms with Gasteiger partial charge in [0.15, 0.2) is 11.5 Å². The lowest BCUT2D eigenvalue weighted by atomic mass is 10.1. The molecule has 0 bridgehead atoms. The second-order valence-electron chi connectivity index (χ2n) is 4.95.